The van der Waals surface area contributed by atoms with Crippen molar-refractivity contribution in [1.29, 1.82) is 0 Å². The number of anilines is 1. The summed E-state index contributed by atoms with van der Waals surface area (Å²) < 4.78 is 14.1. The number of rotatable bonds is 3. The van der Waals surface area contributed by atoms with Gasteiger partial charge in [-0.1, -0.05) is 6.07 Å². The Bertz CT molecular complexity index is 418. The normalized spacial score (nSPS) is 21.7. The molecule has 1 fully saturated rings. The third-order valence-electron chi connectivity index (χ3n) is 3.73. The maximum absolute atomic E-state index is 14.1. The average molecular weight is 251 g/mol. The van der Waals surface area contributed by atoms with E-state index in [9.17, 15) is 4.39 Å². The second-order valence-electron chi connectivity index (χ2n) is 5.35. The Labute approximate surface area is 108 Å². The second kappa shape index (κ2) is 5.24. The van der Waals surface area contributed by atoms with Gasteiger partial charge in [-0.3, -0.25) is 0 Å². The van der Waals surface area contributed by atoms with E-state index in [1.54, 1.807) is 6.07 Å². The lowest BCUT2D eigenvalue weighted by Crippen LogP contribution is -2.31. The van der Waals surface area contributed by atoms with Crippen LogP contribution < -0.4 is 10.6 Å². The molecule has 0 aromatic heterocycles. The van der Waals surface area contributed by atoms with Crippen LogP contribution in [0.3, 0.4) is 0 Å². The van der Waals surface area contributed by atoms with Crippen LogP contribution in [0, 0.1) is 5.82 Å². The highest BCUT2D eigenvalue weighted by molar-refractivity contribution is 5.50. The molecule has 18 heavy (non-hydrogen) atoms. The van der Waals surface area contributed by atoms with Crippen LogP contribution in [0.1, 0.15) is 24.9 Å². The smallest absolute Gasteiger partial charge is 0.146 e. The third-order valence-corrected chi connectivity index (χ3v) is 3.73. The van der Waals surface area contributed by atoms with Gasteiger partial charge in [-0.25, -0.2) is 4.39 Å². The van der Waals surface area contributed by atoms with Gasteiger partial charge in [-0.05, 0) is 45.1 Å². The van der Waals surface area contributed by atoms with Gasteiger partial charge in [-0.2, -0.15) is 0 Å². The lowest BCUT2D eigenvalue weighted by Gasteiger charge is -2.22. The molecule has 1 aliphatic heterocycles. The van der Waals surface area contributed by atoms with Crippen molar-refractivity contribution >= 4 is 5.69 Å². The van der Waals surface area contributed by atoms with Gasteiger partial charge in [0.05, 0.1) is 5.69 Å². The number of halogens is 1. The molecule has 1 aromatic carbocycles. The zero-order valence-electron chi connectivity index (χ0n) is 11.4. The summed E-state index contributed by atoms with van der Waals surface area (Å²) in [5.74, 6) is -0.163. The number of benzene rings is 1. The Kier molecular flexibility index (Phi) is 3.88. The monoisotopic (exact) mass is 251 g/mol. The van der Waals surface area contributed by atoms with Crippen LogP contribution in [0.25, 0.3) is 0 Å². The van der Waals surface area contributed by atoms with Crippen LogP contribution in [-0.4, -0.2) is 38.1 Å². The van der Waals surface area contributed by atoms with Gasteiger partial charge in [-0.15, -0.1) is 0 Å². The summed E-state index contributed by atoms with van der Waals surface area (Å²) in [5, 5.41) is 0. The maximum Gasteiger partial charge on any atom is 0.146 e. The lowest BCUT2D eigenvalue weighted by molar-refractivity contribution is 0.315. The van der Waals surface area contributed by atoms with E-state index in [4.69, 9.17) is 5.73 Å². The summed E-state index contributed by atoms with van der Waals surface area (Å²) in [6.07, 6.45) is 1.08. The van der Waals surface area contributed by atoms with Crippen LogP contribution >= 0.6 is 0 Å². The maximum atomic E-state index is 14.1. The molecule has 2 rings (SSSR count). The van der Waals surface area contributed by atoms with Crippen LogP contribution in [-0.2, 0) is 0 Å². The second-order valence-corrected chi connectivity index (χ2v) is 5.35. The minimum atomic E-state index is -0.163. The zero-order chi connectivity index (χ0) is 13.3. The van der Waals surface area contributed by atoms with Gasteiger partial charge in [0.1, 0.15) is 5.82 Å². The van der Waals surface area contributed by atoms with Crippen LogP contribution in [0.4, 0.5) is 10.1 Å². The van der Waals surface area contributed by atoms with Crippen LogP contribution in [0.2, 0.25) is 0 Å². The number of nitrogens with zero attached hydrogens (tertiary/aromatic N) is 2. The van der Waals surface area contributed by atoms with E-state index in [0.717, 1.165) is 25.1 Å². The summed E-state index contributed by atoms with van der Waals surface area (Å²) in [4.78, 5) is 4.32. The van der Waals surface area contributed by atoms with E-state index in [1.807, 2.05) is 19.1 Å². The Morgan fingerprint density at radius 2 is 2.17 bits per heavy atom. The average Bonchev–Trinajstić information content (AvgIpc) is 2.78. The van der Waals surface area contributed by atoms with Gasteiger partial charge >= 0.3 is 0 Å². The SMILES string of the molecule is C[C@H](N)c1ccc(N2CCC(N(C)C)C2)c(F)c1. The number of likely N-dealkylation sites (N-methyl/N-ethyl adjacent to an activating group) is 1. The minimum Gasteiger partial charge on any atom is -0.368 e. The molecule has 2 atom stereocenters. The van der Waals surface area contributed by atoms with Crippen molar-refractivity contribution in [2.75, 3.05) is 32.1 Å². The van der Waals surface area contributed by atoms with Crippen molar-refractivity contribution in [3.8, 4) is 0 Å². The highest BCUT2D eigenvalue weighted by Gasteiger charge is 2.25. The summed E-state index contributed by atoms with van der Waals surface area (Å²) in [5.41, 5.74) is 7.31. The van der Waals surface area contributed by atoms with Crippen molar-refractivity contribution in [2.24, 2.45) is 5.73 Å². The Morgan fingerprint density at radius 1 is 1.44 bits per heavy atom. The van der Waals surface area contributed by atoms with Crippen molar-refractivity contribution in [1.82, 2.24) is 4.90 Å². The first-order chi connectivity index (χ1) is 8.49. The molecule has 0 bridgehead atoms. The number of hydrogen-bond acceptors (Lipinski definition) is 3. The van der Waals surface area contributed by atoms with E-state index in [2.05, 4.69) is 23.9 Å². The molecule has 100 valence electrons. The summed E-state index contributed by atoms with van der Waals surface area (Å²) >= 11 is 0. The molecule has 0 amide bonds. The summed E-state index contributed by atoms with van der Waals surface area (Å²) in [7, 11) is 4.15. The molecular weight excluding hydrogens is 229 g/mol. The first-order valence-corrected chi connectivity index (χ1v) is 6.45. The van der Waals surface area contributed by atoms with E-state index in [-0.39, 0.29) is 11.9 Å². The molecule has 2 N–H and O–H groups in total. The first-order valence-electron chi connectivity index (χ1n) is 6.45. The quantitative estimate of drug-likeness (QED) is 0.891. The summed E-state index contributed by atoms with van der Waals surface area (Å²) in [6, 6.07) is 5.72. The Balaban J connectivity index is 2.15. The fraction of sp³-hybridized carbons (Fsp3) is 0.571. The summed E-state index contributed by atoms with van der Waals surface area (Å²) in [6.45, 7) is 3.67. The highest BCUT2D eigenvalue weighted by atomic mass is 19.1. The van der Waals surface area contributed by atoms with Crippen molar-refractivity contribution in [3.05, 3.63) is 29.6 Å². The predicted octanol–water partition coefficient (Wildman–Crippen LogP) is 1.99. The molecule has 3 nitrogen and oxygen atoms in total. The van der Waals surface area contributed by atoms with Gasteiger partial charge in [0.25, 0.3) is 0 Å². The van der Waals surface area contributed by atoms with Crippen LogP contribution in [0.5, 0.6) is 0 Å². The van der Waals surface area contributed by atoms with Crippen molar-refractivity contribution < 1.29 is 4.39 Å². The Hall–Kier alpha value is -1.13. The Morgan fingerprint density at radius 3 is 2.67 bits per heavy atom. The lowest BCUT2D eigenvalue weighted by atomic mass is 10.1. The predicted molar refractivity (Wildman–Crippen MR) is 73.3 cm³/mol. The zero-order valence-corrected chi connectivity index (χ0v) is 11.4. The highest BCUT2D eigenvalue weighted by Crippen LogP contribution is 2.26. The van der Waals surface area contributed by atoms with Gasteiger partial charge < -0.3 is 15.5 Å². The van der Waals surface area contributed by atoms with Gasteiger partial charge in [0, 0.05) is 25.2 Å². The fourth-order valence-electron chi connectivity index (χ4n) is 2.44. The number of hydrogen-bond donors (Lipinski definition) is 1. The molecule has 0 aliphatic carbocycles. The van der Waals surface area contributed by atoms with E-state index >= 15 is 0 Å². The van der Waals surface area contributed by atoms with Gasteiger partial charge in [0.15, 0.2) is 0 Å². The molecule has 1 aliphatic rings. The topological polar surface area (TPSA) is 32.5 Å². The molecule has 1 unspecified atom stereocenters. The largest absolute Gasteiger partial charge is 0.368 e. The van der Waals surface area contributed by atoms with Crippen LogP contribution in [0.15, 0.2) is 18.2 Å². The molecule has 4 heteroatoms. The minimum absolute atomic E-state index is 0.123. The molecule has 1 saturated heterocycles. The number of nitrogens with two attached hydrogens (primary N) is 1. The van der Waals surface area contributed by atoms with E-state index in [1.165, 1.54) is 0 Å². The van der Waals surface area contributed by atoms with Gasteiger partial charge in [0.2, 0.25) is 0 Å². The molecule has 0 spiro atoms. The molecule has 1 heterocycles. The standard InChI is InChI=1S/C14H22FN3/c1-10(16)11-4-5-14(13(15)8-11)18-7-6-12(9-18)17(2)3/h4-5,8,10,12H,6-7,9,16H2,1-3H3/t10-,12?/m0/s1. The third kappa shape index (κ3) is 2.65. The first kappa shape index (κ1) is 13.3. The van der Waals surface area contributed by atoms with Crippen molar-refractivity contribution in [3.63, 3.8) is 0 Å². The molecule has 1 aromatic rings. The van der Waals surface area contributed by atoms with E-state index in [0.29, 0.717) is 11.7 Å². The molecule has 0 radical (unpaired) electrons. The van der Waals surface area contributed by atoms with Crippen molar-refractivity contribution in [2.45, 2.75) is 25.4 Å². The molecular formula is C14H22FN3. The fourth-order valence-corrected chi connectivity index (χ4v) is 2.44. The van der Waals surface area contributed by atoms with E-state index < -0.39 is 0 Å². The molecule has 0 saturated carbocycles.